The number of halogens is 3. The number of carboxylic acid groups (broad SMARTS) is 1. The molecule has 0 spiro atoms. The minimum Gasteiger partial charge on any atom is -0.477 e. The van der Waals surface area contributed by atoms with Gasteiger partial charge in [-0.15, -0.1) is 11.3 Å². The third kappa shape index (κ3) is 5.07. The Morgan fingerprint density at radius 2 is 1.48 bits per heavy atom. The Morgan fingerprint density at radius 3 is 2.10 bits per heavy atom. The molecule has 3 aromatic rings. The van der Waals surface area contributed by atoms with Crippen molar-refractivity contribution in [1.82, 2.24) is 0 Å². The number of carboxylic acids is 1. The number of aromatic carboxylic acids is 1. The molecule has 0 atom stereocenters. The smallest absolute Gasteiger partial charge is 0.345 e. The molecular weight excluding hydrogens is 459 g/mol. The molecule has 0 radical (unpaired) electrons. The van der Waals surface area contributed by atoms with Crippen LogP contribution in [-0.4, -0.2) is 22.9 Å². The summed E-state index contributed by atoms with van der Waals surface area (Å²) in [7, 11) is 0. The van der Waals surface area contributed by atoms with Gasteiger partial charge in [0.05, 0.1) is 16.3 Å². The van der Waals surface area contributed by atoms with Gasteiger partial charge >= 0.3 is 5.97 Å². The van der Waals surface area contributed by atoms with Gasteiger partial charge < -0.3 is 15.7 Å². The van der Waals surface area contributed by atoms with Gasteiger partial charge in [0.15, 0.2) is 0 Å². The Labute approximate surface area is 184 Å². The zero-order chi connectivity index (χ0) is 21.1. The second-order valence-corrected chi connectivity index (χ2v) is 8.03. The van der Waals surface area contributed by atoms with Crippen molar-refractivity contribution in [3.63, 3.8) is 0 Å². The normalized spacial score (nSPS) is 10.4. The fourth-order valence-corrected chi connectivity index (χ4v) is 3.81. The third-order valence-corrected chi connectivity index (χ3v) is 5.70. The molecular formula is C19H11Cl3N2O4S. The van der Waals surface area contributed by atoms with E-state index in [0.29, 0.717) is 15.7 Å². The van der Waals surface area contributed by atoms with Crippen molar-refractivity contribution < 1.29 is 19.5 Å². The van der Waals surface area contributed by atoms with Crippen LogP contribution in [0.3, 0.4) is 0 Å². The van der Waals surface area contributed by atoms with E-state index in [-0.39, 0.29) is 26.0 Å². The molecule has 3 rings (SSSR count). The van der Waals surface area contributed by atoms with Crippen molar-refractivity contribution in [3.8, 4) is 0 Å². The van der Waals surface area contributed by atoms with Crippen LogP contribution < -0.4 is 10.6 Å². The molecule has 0 aliphatic rings. The molecule has 2 amide bonds. The predicted octanol–water partition coefficient (Wildman–Crippen LogP) is 5.91. The molecule has 0 saturated carbocycles. The van der Waals surface area contributed by atoms with Gasteiger partial charge in [0.25, 0.3) is 11.8 Å². The lowest BCUT2D eigenvalue weighted by Gasteiger charge is -2.12. The number of carbonyl (C=O) groups is 3. The first kappa shape index (κ1) is 21.1. The molecule has 1 aromatic heterocycles. The highest BCUT2D eigenvalue weighted by Crippen LogP contribution is 2.29. The van der Waals surface area contributed by atoms with Crippen LogP contribution in [0, 0.1) is 0 Å². The SMILES string of the molecule is O=C(O)c1cc(Cl)c(C(=O)Nc2ccc(Cl)cc2C(=O)Nc2ccc(Cl)cc2)s1. The van der Waals surface area contributed by atoms with E-state index in [9.17, 15) is 14.4 Å². The molecule has 2 aromatic carbocycles. The van der Waals surface area contributed by atoms with Crippen molar-refractivity contribution in [1.29, 1.82) is 0 Å². The maximum atomic E-state index is 12.7. The minimum atomic E-state index is -1.19. The summed E-state index contributed by atoms with van der Waals surface area (Å²) in [6.07, 6.45) is 0. The van der Waals surface area contributed by atoms with Crippen LogP contribution in [0.15, 0.2) is 48.5 Å². The Kier molecular flexibility index (Phi) is 6.44. The van der Waals surface area contributed by atoms with E-state index in [2.05, 4.69) is 10.6 Å². The van der Waals surface area contributed by atoms with E-state index < -0.39 is 17.8 Å². The average Bonchev–Trinajstić information content (AvgIpc) is 3.07. The van der Waals surface area contributed by atoms with Crippen LogP contribution >= 0.6 is 46.1 Å². The lowest BCUT2D eigenvalue weighted by molar-refractivity contribution is 0.0701. The lowest BCUT2D eigenvalue weighted by atomic mass is 10.1. The summed E-state index contributed by atoms with van der Waals surface area (Å²) < 4.78 is 0. The maximum absolute atomic E-state index is 12.7. The topological polar surface area (TPSA) is 95.5 Å². The van der Waals surface area contributed by atoms with Crippen molar-refractivity contribution in [3.05, 3.63) is 78.9 Å². The van der Waals surface area contributed by atoms with Gasteiger partial charge in [-0.1, -0.05) is 34.8 Å². The van der Waals surface area contributed by atoms with Crippen LogP contribution in [0.4, 0.5) is 11.4 Å². The summed E-state index contributed by atoms with van der Waals surface area (Å²) in [5.41, 5.74) is 0.809. The van der Waals surface area contributed by atoms with Gasteiger partial charge in [-0.25, -0.2) is 4.79 Å². The maximum Gasteiger partial charge on any atom is 0.345 e. The van der Waals surface area contributed by atoms with Crippen LogP contribution in [-0.2, 0) is 0 Å². The van der Waals surface area contributed by atoms with Crippen LogP contribution in [0.2, 0.25) is 15.1 Å². The molecule has 29 heavy (non-hydrogen) atoms. The van der Waals surface area contributed by atoms with Crippen molar-refractivity contribution in [2.45, 2.75) is 0 Å². The number of anilines is 2. The van der Waals surface area contributed by atoms with Crippen molar-refractivity contribution in [2.24, 2.45) is 0 Å². The average molecular weight is 470 g/mol. The molecule has 0 fully saturated rings. The fourth-order valence-electron chi connectivity index (χ4n) is 2.35. The monoisotopic (exact) mass is 468 g/mol. The third-order valence-electron chi connectivity index (χ3n) is 3.68. The van der Waals surface area contributed by atoms with Gasteiger partial charge in [-0.2, -0.15) is 0 Å². The molecule has 0 aliphatic heterocycles. The highest BCUT2D eigenvalue weighted by atomic mass is 35.5. The second-order valence-electron chi connectivity index (χ2n) is 5.70. The highest BCUT2D eigenvalue weighted by molar-refractivity contribution is 7.16. The van der Waals surface area contributed by atoms with E-state index in [1.165, 1.54) is 24.3 Å². The first-order valence-corrected chi connectivity index (χ1v) is 9.90. The number of hydrogen-bond donors (Lipinski definition) is 3. The second kappa shape index (κ2) is 8.84. The van der Waals surface area contributed by atoms with Crippen LogP contribution in [0.1, 0.15) is 29.7 Å². The molecule has 0 aliphatic carbocycles. The first-order valence-electron chi connectivity index (χ1n) is 7.95. The molecule has 6 nitrogen and oxygen atoms in total. The summed E-state index contributed by atoms with van der Waals surface area (Å²) in [5, 5.41) is 15.1. The molecule has 0 saturated heterocycles. The van der Waals surface area contributed by atoms with Gasteiger partial charge in [0, 0.05) is 15.7 Å². The molecule has 0 unspecified atom stereocenters. The summed E-state index contributed by atoms with van der Waals surface area (Å²) >= 11 is 18.6. The van der Waals surface area contributed by atoms with E-state index in [0.717, 1.165) is 11.3 Å². The van der Waals surface area contributed by atoms with Crippen molar-refractivity contribution in [2.75, 3.05) is 10.6 Å². The zero-order valence-corrected chi connectivity index (χ0v) is 17.4. The Balaban J connectivity index is 1.86. The summed E-state index contributed by atoms with van der Waals surface area (Å²) in [5.74, 6) is -2.34. The number of rotatable bonds is 5. The number of hydrogen-bond acceptors (Lipinski definition) is 4. The number of carbonyl (C=O) groups excluding carboxylic acids is 2. The number of benzene rings is 2. The number of amides is 2. The van der Waals surface area contributed by atoms with E-state index >= 15 is 0 Å². The van der Waals surface area contributed by atoms with E-state index in [1.54, 1.807) is 24.3 Å². The molecule has 10 heteroatoms. The first-order chi connectivity index (χ1) is 13.7. The zero-order valence-electron chi connectivity index (χ0n) is 14.3. The summed E-state index contributed by atoms with van der Waals surface area (Å²) in [4.78, 5) is 36.3. The molecule has 148 valence electrons. The molecule has 0 bridgehead atoms. The highest BCUT2D eigenvalue weighted by Gasteiger charge is 2.21. The predicted molar refractivity (Wildman–Crippen MR) is 115 cm³/mol. The van der Waals surface area contributed by atoms with Gasteiger partial charge in [0.2, 0.25) is 0 Å². The van der Waals surface area contributed by atoms with Gasteiger partial charge in [0.1, 0.15) is 9.75 Å². The van der Waals surface area contributed by atoms with Gasteiger partial charge in [-0.3, -0.25) is 9.59 Å². The quantitative estimate of drug-likeness (QED) is 0.433. The Hall–Kier alpha value is -2.58. The minimum absolute atomic E-state index is 0.00558. The van der Waals surface area contributed by atoms with Crippen molar-refractivity contribution >= 4 is 75.3 Å². The van der Waals surface area contributed by atoms with Crippen LogP contribution in [0.5, 0.6) is 0 Å². The lowest BCUT2D eigenvalue weighted by Crippen LogP contribution is -2.18. The van der Waals surface area contributed by atoms with E-state index in [4.69, 9.17) is 39.9 Å². The summed E-state index contributed by atoms with van der Waals surface area (Å²) in [6.45, 7) is 0. The van der Waals surface area contributed by atoms with Crippen LogP contribution in [0.25, 0.3) is 0 Å². The Bertz CT molecular complexity index is 1110. The molecule has 1 heterocycles. The number of thiophene rings is 1. The fraction of sp³-hybridized carbons (Fsp3) is 0. The Morgan fingerprint density at radius 1 is 0.828 bits per heavy atom. The van der Waals surface area contributed by atoms with E-state index in [1.807, 2.05) is 0 Å². The largest absolute Gasteiger partial charge is 0.477 e. The summed E-state index contributed by atoms with van der Waals surface area (Å²) in [6, 6.07) is 12.1. The van der Waals surface area contributed by atoms with Gasteiger partial charge in [-0.05, 0) is 48.5 Å². The molecule has 3 N–H and O–H groups in total. The number of nitrogens with one attached hydrogen (secondary N) is 2. The standard InChI is InChI=1S/C19H11Cl3N2O4S/c20-9-1-4-11(5-2-9)23-17(25)12-7-10(21)3-6-14(12)24-18(26)16-13(22)8-15(29-16)19(27)28/h1-8H,(H,23,25)(H,24,26)(H,27,28).